The van der Waals surface area contributed by atoms with E-state index < -0.39 is 0 Å². The largest absolute Gasteiger partial charge is 0.356 e. The Morgan fingerprint density at radius 1 is 0.900 bits per heavy atom. The molecule has 1 saturated carbocycles. The van der Waals surface area contributed by atoms with E-state index in [0.717, 1.165) is 32.6 Å². The lowest BCUT2D eigenvalue weighted by atomic mass is 10.0. The van der Waals surface area contributed by atoms with Gasteiger partial charge in [-0.3, -0.25) is 0 Å². The van der Waals surface area contributed by atoms with E-state index in [2.05, 4.69) is 26.8 Å². The van der Waals surface area contributed by atoms with Crippen LogP contribution in [0.25, 0.3) is 0 Å². The monoisotopic (exact) mass is 270 g/mol. The molecular weight excluding hydrogens is 248 g/mol. The number of rotatable bonds is 1. The second kappa shape index (κ2) is 4.85. The Hall–Kier alpha value is -1.42. The van der Waals surface area contributed by atoms with E-state index in [4.69, 9.17) is 0 Å². The fourth-order valence-corrected chi connectivity index (χ4v) is 3.49. The first kappa shape index (κ1) is 12.3. The van der Waals surface area contributed by atoms with Gasteiger partial charge < -0.3 is 9.80 Å². The third-order valence-electron chi connectivity index (χ3n) is 4.84. The van der Waals surface area contributed by atoms with Gasteiger partial charge in [0.25, 0.3) is 0 Å². The molecule has 0 atom stereocenters. The molecule has 1 aliphatic carbocycles. The van der Waals surface area contributed by atoms with Gasteiger partial charge in [-0.1, -0.05) is 11.1 Å². The molecule has 4 nitrogen and oxygen atoms in total. The number of aromatic nitrogens is 2. The van der Waals surface area contributed by atoms with Crippen LogP contribution in [0.2, 0.25) is 0 Å². The van der Waals surface area contributed by atoms with Crippen molar-refractivity contribution in [2.24, 2.45) is 0 Å². The zero-order valence-corrected chi connectivity index (χ0v) is 12.2. The third-order valence-corrected chi connectivity index (χ3v) is 4.84. The van der Waals surface area contributed by atoms with E-state index in [9.17, 15) is 0 Å². The van der Waals surface area contributed by atoms with Crippen molar-refractivity contribution in [3.8, 4) is 0 Å². The zero-order chi connectivity index (χ0) is 13.5. The van der Waals surface area contributed by atoms with E-state index in [1.807, 2.05) is 0 Å². The van der Waals surface area contributed by atoms with E-state index in [0.29, 0.717) is 0 Å². The van der Waals surface area contributed by atoms with Gasteiger partial charge >= 0.3 is 0 Å². The van der Waals surface area contributed by atoms with Gasteiger partial charge in [-0.2, -0.15) is 0 Å². The minimum absolute atomic E-state index is 0.996. The van der Waals surface area contributed by atoms with Crippen LogP contribution in [0.3, 0.4) is 0 Å². The molecule has 2 fully saturated rings. The average Bonchev–Trinajstić information content (AvgIpc) is 3.31. The topological polar surface area (TPSA) is 32.3 Å². The van der Waals surface area contributed by atoms with E-state index in [1.165, 1.54) is 42.8 Å². The van der Waals surface area contributed by atoms with Gasteiger partial charge in [-0.15, -0.1) is 0 Å². The quantitative estimate of drug-likeness (QED) is 0.732. The number of anilines is 1. The summed E-state index contributed by atoms with van der Waals surface area (Å²) < 4.78 is 0. The summed E-state index contributed by atoms with van der Waals surface area (Å²) in [5, 5.41) is 0. The molecule has 1 saturated heterocycles. The second-order valence-corrected chi connectivity index (χ2v) is 6.30. The number of fused-ring (bicyclic) bond motifs is 1. The van der Waals surface area contributed by atoms with Crippen LogP contribution in [-0.4, -0.2) is 41.5 Å². The minimum atomic E-state index is 0.996. The molecule has 20 heavy (non-hydrogen) atoms. The van der Waals surface area contributed by atoms with Gasteiger partial charge in [-0.05, 0) is 32.7 Å². The van der Waals surface area contributed by atoms with Crippen LogP contribution in [0, 0.1) is 0 Å². The lowest BCUT2D eigenvalue weighted by Gasteiger charge is -2.33. The fraction of sp³-hybridized carbons (Fsp3) is 0.625. The molecule has 0 bridgehead atoms. The number of hydrogen-bond acceptors (Lipinski definition) is 4. The molecule has 4 rings (SSSR count). The normalized spacial score (nSPS) is 22.9. The summed E-state index contributed by atoms with van der Waals surface area (Å²) in [6.45, 7) is 4.37. The van der Waals surface area contributed by atoms with Crippen LogP contribution >= 0.6 is 0 Å². The van der Waals surface area contributed by atoms with Gasteiger partial charge in [0.05, 0.1) is 5.69 Å². The number of likely N-dealkylation sites (N-methyl/N-ethyl adjacent to an activating group) is 1. The Morgan fingerprint density at radius 2 is 1.65 bits per heavy atom. The van der Waals surface area contributed by atoms with Crippen molar-refractivity contribution in [1.82, 2.24) is 14.9 Å². The Kier molecular flexibility index (Phi) is 2.99. The van der Waals surface area contributed by atoms with Gasteiger partial charge in [0.15, 0.2) is 0 Å². The van der Waals surface area contributed by atoms with E-state index in [1.54, 1.807) is 17.5 Å². The Morgan fingerprint density at radius 3 is 2.40 bits per heavy atom. The molecule has 3 aliphatic rings. The standard InChI is InChI=1S/C16H22N4/c1-19-7-6-15-14(10-19)16(18-11-17-15)20-8-4-13(5-9-20)12-2-3-12/h11H,2-10H2,1H3. The molecular formula is C16H22N4. The second-order valence-electron chi connectivity index (χ2n) is 6.30. The Labute approximate surface area is 120 Å². The predicted octanol–water partition coefficient (Wildman–Crippen LogP) is 2.16. The van der Waals surface area contributed by atoms with Crippen molar-refractivity contribution in [1.29, 1.82) is 0 Å². The number of nitrogens with zero attached hydrogens (tertiary/aromatic N) is 4. The predicted molar refractivity (Wildman–Crippen MR) is 79.8 cm³/mol. The first-order chi connectivity index (χ1) is 9.81. The highest BCUT2D eigenvalue weighted by atomic mass is 15.2. The Balaban J connectivity index is 1.58. The van der Waals surface area contributed by atoms with Gasteiger partial charge in [0.1, 0.15) is 12.1 Å². The lowest BCUT2D eigenvalue weighted by molar-refractivity contribution is 0.309. The van der Waals surface area contributed by atoms with Crippen molar-refractivity contribution in [2.45, 2.75) is 38.6 Å². The average molecular weight is 270 g/mol. The van der Waals surface area contributed by atoms with Crippen molar-refractivity contribution in [3.63, 3.8) is 0 Å². The third kappa shape index (κ3) is 2.22. The van der Waals surface area contributed by atoms with Crippen molar-refractivity contribution in [2.75, 3.05) is 31.6 Å². The first-order valence-corrected chi connectivity index (χ1v) is 7.77. The van der Waals surface area contributed by atoms with Crippen LogP contribution < -0.4 is 4.90 Å². The Bertz CT molecular complexity index is 548. The summed E-state index contributed by atoms with van der Waals surface area (Å²) in [7, 11) is 2.19. The van der Waals surface area contributed by atoms with Crippen LogP contribution in [0.4, 0.5) is 5.82 Å². The molecule has 1 aromatic heterocycles. The first-order valence-electron chi connectivity index (χ1n) is 7.77. The van der Waals surface area contributed by atoms with Crippen molar-refractivity contribution >= 4 is 5.82 Å². The fourth-order valence-electron chi connectivity index (χ4n) is 3.49. The highest BCUT2D eigenvalue weighted by molar-refractivity contribution is 5.50. The maximum Gasteiger partial charge on any atom is 0.136 e. The van der Waals surface area contributed by atoms with Crippen LogP contribution in [0.15, 0.2) is 17.5 Å². The van der Waals surface area contributed by atoms with E-state index in [-0.39, 0.29) is 0 Å². The highest BCUT2D eigenvalue weighted by Crippen LogP contribution is 2.37. The number of hydrogen-bond donors (Lipinski definition) is 0. The van der Waals surface area contributed by atoms with Crippen LogP contribution in [0.1, 0.15) is 36.9 Å². The molecule has 0 aromatic carbocycles. The smallest absolute Gasteiger partial charge is 0.136 e. The SMILES string of the molecule is CN1CCc2ncnc(N3CCC(=C4CC4)CC3)c2C1. The van der Waals surface area contributed by atoms with Crippen LogP contribution in [0.5, 0.6) is 0 Å². The lowest BCUT2D eigenvalue weighted by Crippen LogP contribution is -2.35. The minimum Gasteiger partial charge on any atom is -0.356 e. The molecule has 0 unspecified atom stereocenters. The molecule has 4 heteroatoms. The van der Waals surface area contributed by atoms with Gasteiger partial charge in [0.2, 0.25) is 0 Å². The molecule has 0 radical (unpaired) electrons. The summed E-state index contributed by atoms with van der Waals surface area (Å²) in [6, 6.07) is 0. The summed E-state index contributed by atoms with van der Waals surface area (Å²) in [5.41, 5.74) is 6.11. The molecule has 106 valence electrons. The maximum atomic E-state index is 4.61. The summed E-state index contributed by atoms with van der Waals surface area (Å²) in [5.74, 6) is 1.20. The molecule has 0 amide bonds. The van der Waals surface area contributed by atoms with Gasteiger partial charge in [-0.25, -0.2) is 9.97 Å². The zero-order valence-electron chi connectivity index (χ0n) is 12.2. The van der Waals surface area contributed by atoms with Crippen LogP contribution in [-0.2, 0) is 13.0 Å². The summed E-state index contributed by atoms with van der Waals surface area (Å²) in [6.07, 6.45) is 8.03. The number of piperidine rings is 1. The molecule has 2 aliphatic heterocycles. The highest BCUT2D eigenvalue weighted by Gasteiger charge is 2.26. The van der Waals surface area contributed by atoms with E-state index >= 15 is 0 Å². The van der Waals surface area contributed by atoms with Crippen molar-refractivity contribution < 1.29 is 0 Å². The number of allylic oxidation sites excluding steroid dienone is 1. The summed E-state index contributed by atoms with van der Waals surface area (Å²) in [4.78, 5) is 13.9. The molecule has 0 N–H and O–H groups in total. The molecule has 1 aromatic rings. The molecule has 0 spiro atoms. The summed E-state index contributed by atoms with van der Waals surface area (Å²) >= 11 is 0. The van der Waals surface area contributed by atoms with Crippen molar-refractivity contribution in [3.05, 3.63) is 28.7 Å². The maximum absolute atomic E-state index is 4.61. The van der Waals surface area contributed by atoms with Gasteiger partial charge in [0, 0.05) is 38.2 Å². The molecule has 3 heterocycles.